The Morgan fingerprint density at radius 2 is 1.57 bits per heavy atom. The molecule has 0 spiro atoms. The average molecular weight is 392 g/mol. The van der Waals surface area contributed by atoms with Crippen LogP contribution in [-0.4, -0.2) is 23.4 Å². The highest BCUT2D eigenvalue weighted by Gasteiger charge is 2.16. The van der Waals surface area contributed by atoms with E-state index in [-0.39, 0.29) is 4.90 Å². The summed E-state index contributed by atoms with van der Waals surface area (Å²) in [4.78, 5) is 1.79. The van der Waals surface area contributed by atoms with Crippen LogP contribution >= 0.6 is 0 Å². The van der Waals surface area contributed by atoms with Crippen molar-refractivity contribution >= 4 is 26.7 Å². The number of aromatic nitrogens is 3. The molecule has 0 aliphatic carbocycles. The van der Waals surface area contributed by atoms with Gasteiger partial charge in [-0.3, -0.25) is 4.72 Å². The van der Waals surface area contributed by atoms with Crippen LogP contribution in [0.1, 0.15) is 18.1 Å². The number of hydrogen-bond donors (Lipinski definition) is 1. The number of nitrogens with zero attached hydrogens (tertiary/aromatic N) is 3. The van der Waals surface area contributed by atoms with Gasteiger partial charge in [0.2, 0.25) is 0 Å². The Hall–Kier alpha value is -3.19. The molecule has 0 amide bonds. The Balaban J connectivity index is 1.70. The molecule has 142 valence electrons. The quantitative estimate of drug-likeness (QED) is 0.555. The second-order valence-electron chi connectivity index (χ2n) is 6.58. The van der Waals surface area contributed by atoms with Gasteiger partial charge >= 0.3 is 0 Å². The Bertz CT molecular complexity index is 1230. The summed E-state index contributed by atoms with van der Waals surface area (Å²) in [5.74, 6) is 0. The molecule has 1 aromatic heterocycles. The SMILES string of the molecule is CCc1ccc(-n2nc3cc(C)c(NS(=O)(=O)c4ccccc4)cc3n2)cc1. The van der Waals surface area contributed by atoms with Crippen molar-refractivity contribution in [3.63, 3.8) is 0 Å². The van der Waals surface area contributed by atoms with Crippen LogP contribution in [0.2, 0.25) is 0 Å². The highest BCUT2D eigenvalue weighted by Crippen LogP contribution is 2.25. The summed E-state index contributed by atoms with van der Waals surface area (Å²) in [6.07, 6.45) is 0.971. The van der Waals surface area contributed by atoms with Gasteiger partial charge in [0, 0.05) is 0 Å². The lowest BCUT2D eigenvalue weighted by Crippen LogP contribution is -2.13. The Labute approximate surface area is 163 Å². The van der Waals surface area contributed by atoms with Gasteiger partial charge in [0.25, 0.3) is 10.0 Å². The van der Waals surface area contributed by atoms with Gasteiger partial charge in [-0.25, -0.2) is 8.42 Å². The van der Waals surface area contributed by atoms with Crippen molar-refractivity contribution in [2.24, 2.45) is 0 Å². The van der Waals surface area contributed by atoms with Gasteiger partial charge in [0.05, 0.1) is 16.3 Å². The molecule has 1 N–H and O–H groups in total. The number of aryl methyl sites for hydroxylation is 2. The van der Waals surface area contributed by atoms with Crippen molar-refractivity contribution in [2.75, 3.05) is 4.72 Å². The molecule has 0 aliphatic heterocycles. The second kappa shape index (κ2) is 7.09. The maximum Gasteiger partial charge on any atom is 0.261 e. The van der Waals surface area contributed by atoms with Crippen molar-refractivity contribution < 1.29 is 8.42 Å². The van der Waals surface area contributed by atoms with Gasteiger partial charge in [-0.05, 0) is 60.9 Å². The summed E-state index contributed by atoms with van der Waals surface area (Å²) < 4.78 is 27.9. The van der Waals surface area contributed by atoms with E-state index in [1.807, 2.05) is 37.3 Å². The fourth-order valence-electron chi connectivity index (χ4n) is 2.96. The maximum atomic E-state index is 12.6. The molecule has 4 aromatic rings. The van der Waals surface area contributed by atoms with Crippen molar-refractivity contribution in [1.29, 1.82) is 0 Å². The van der Waals surface area contributed by atoms with Crippen molar-refractivity contribution in [3.8, 4) is 5.69 Å². The van der Waals surface area contributed by atoms with Gasteiger partial charge in [-0.2, -0.15) is 4.80 Å². The fraction of sp³-hybridized carbons (Fsp3) is 0.143. The van der Waals surface area contributed by atoms with Crippen molar-refractivity contribution in [2.45, 2.75) is 25.2 Å². The molecule has 0 aliphatic rings. The number of anilines is 1. The third-order valence-electron chi connectivity index (χ3n) is 4.60. The first kappa shape index (κ1) is 18.2. The molecule has 0 saturated heterocycles. The monoisotopic (exact) mass is 392 g/mol. The highest BCUT2D eigenvalue weighted by atomic mass is 32.2. The van der Waals surface area contributed by atoms with E-state index >= 15 is 0 Å². The van der Waals surface area contributed by atoms with Crippen LogP contribution in [0.15, 0.2) is 71.6 Å². The molecular formula is C21H20N4O2S. The molecule has 7 heteroatoms. The zero-order chi connectivity index (χ0) is 19.7. The van der Waals surface area contributed by atoms with E-state index < -0.39 is 10.0 Å². The summed E-state index contributed by atoms with van der Waals surface area (Å²) in [6, 6.07) is 19.9. The standard InChI is InChI=1S/C21H20N4O2S/c1-3-16-9-11-17(12-10-16)25-22-20-13-15(2)19(14-21(20)23-25)24-28(26,27)18-7-5-4-6-8-18/h4-14,24H,3H2,1-2H3. The van der Waals surface area contributed by atoms with Crippen LogP contribution in [0.25, 0.3) is 16.7 Å². The number of fused-ring (bicyclic) bond motifs is 1. The third kappa shape index (κ3) is 3.48. The van der Waals surface area contributed by atoms with E-state index in [2.05, 4.69) is 21.8 Å². The van der Waals surface area contributed by atoms with E-state index in [1.165, 1.54) is 5.56 Å². The van der Waals surface area contributed by atoms with Crippen LogP contribution in [0.5, 0.6) is 0 Å². The van der Waals surface area contributed by atoms with Crippen molar-refractivity contribution in [1.82, 2.24) is 15.0 Å². The van der Waals surface area contributed by atoms with Crippen LogP contribution in [0.3, 0.4) is 0 Å². The Kier molecular flexibility index (Phi) is 4.60. The predicted molar refractivity (Wildman–Crippen MR) is 110 cm³/mol. The third-order valence-corrected chi connectivity index (χ3v) is 5.98. The zero-order valence-corrected chi connectivity index (χ0v) is 16.4. The van der Waals surface area contributed by atoms with Gasteiger partial charge in [0.15, 0.2) is 0 Å². The summed E-state index contributed by atoms with van der Waals surface area (Å²) in [5, 5.41) is 9.04. The molecule has 1 heterocycles. The fourth-order valence-corrected chi connectivity index (χ4v) is 4.10. The van der Waals surface area contributed by atoms with Crippen LogP contribution in [-0.2, 0) is 16.4 Å². The number of sulfonamides is 1. The number of nitrogens with one attached hydrogen (secondary N) is 1. The van der Waals surface area contributed by atoms with Gasteiger partial charge in [-0.1, -0.05) is 37.3 Å². The first-order valence-corrected chi connectivity index (χ1v) is 10.5. The van der Waals surface area contributed by atoms with E-state index in [0.717, 1.165) is 17.7 Å². The maximum absolute atomic E-state index is 12.6. The first-order valence-electron chi connectivity index (χ1n) is 9.01. The van der Waals surface area contributed by atoms with E-state index in [4.69, 9.17) is 0 Å². The molecule has 0 radical (unpaired) electrons. The van der Waals surface area contributed by atoms with Gasteiger partial charge in [0.1, 0.15) is 11.0 Å². The minimum Gasteiger partial charge on any atom is -0.279 e. The normalized spacial score (nSPS) is 11.6. The minimum atomic E-state index is -3.66. The smallest absolute Gasteiger partial charge is 0.261 e. The second-order valence-corrected chi connectivity index (χ2v) is 8.27. The Morgan fingerprint density at radius 3 is 2.21 bits per heavy atom. The Morgan fingerprint density at radius 1 is 0.929 bits per heavy atom. The van der Waals surface area contributed by atoms with E-state index in [1.54, 1.807) is 41.2 Å². The summed E-state index contributed by atoms with van der Waals surface area (Å²) in [6.45, 7) is 3.95. The molecule has 0 fully saturated rings. The lowest BCUT2D eigenvalue weighted by atomic mass is 10.2. The molecule has 0 bridgehead atoms. The minimum absolute atomic E-state index is 0.217. The summed E-state index contributed by atoms with van der Waals surface area (Å²) in [5.41, 5.74) is 4.70. The van der Waals surface area contributed by atoms with E-state index in [9.17, 15) is 8.42 Å². The summed E-state index contributed by atoms with van der Waals surface area (Å²) >= 11 is 0. The first-order chi connectivity index (χ1) is 13.5. The average Bonchev–Trinajstić information content (AvgIpc) is 3.11. The zero-order valence-electron chi connectivity index (χ0n) is 15.6. The van der Waals surface area contributed by atoms with Crippen LogP contribution in [0.4, 0.5) is 5.69 Å². The predicted octanol–water partition coefficient (Wildman–Crippen LogP) is 4.09. The lowest BCUT2D eigenvalue weighted by Gasteiger charge is -2.10. The number of rotatable bonds is 5. The van der Waals surface area contributed by atoms with Gasteiger partial charge < -0.3 is 0 Å². The summed E-state index contributed by atoms with van der Waals surface area (Å²) in [7, 11) is -3.66. The van der Waals surface area contributed by atoms with Gasteiger partial charge in [-0.15, -0.1) is 10.2 Å². The molecule has 28 heavy (non-hydrogen) atoms. The number of hydrogen-bond acceptors (Lipinski definition) is 4. The molecule has 0 saturated carbocycles. The molecule has 0 unspecified atom stereocenters. The molecule has 6 nitrogen and oxygen atoms in total. The molecule has 4 rings (SSSR count). The number of benzene rings is 3. The van der Waals surface area contributed by atoms with Crippen molar-refractivity contribution in [3.05, 3.63) is 77.9 Å². The van der Waals surface area contributed by atoms with Crippen LogP contribution in [0, 0.1) is 6.92 Å². The largest absolute Gasteiger partial charge is 0.279 e. The molecule has 0 atom stereocenters. The van der Waals surface area contributed by atoms with Crippen LogP contribution < -0.4 is 4.72 Å². The highest BCUT2D eigenvalue weighted by molar-refractivity contribution is 7.92. The lowest BCUT2D eigenvalue weighted by molar-refractivity contribution is 0.601. The van der Waals surface area contributed by atoms with E-state index in [0.29, 0.717) is 16.7 Å². The topological polar surface area (TPSA) is 76.9 Å². The molecule has 3 aromatic carbocycles. The molecular weight excluding hydrogens is 372 g/mol.